The second-order valence-electron chi connectivity index (χ2n) is 3.06. The number of aliphatic hydroxyl groups excluding tert-OH is 1. The molecule has 0 aliphatic carbocycles. The van der Waals surface area contributed by atoms with Gasteiger partial charge in [-0.05, 0) is 16.7 Å². The van der Waals surface area contributed by atoms with Gasteiger partial charge in [0.25, 0.3) is 0 Å². The van der Waals surface area contributed by atoms with Crippen LogP contribution in [0.15, 0.2) is 42.5 Å². The van der Waals surface area contributed by atoms with Crippen molar-refractivity contribution >= 4 is 20.0 Å². The first-order valence-electron chi connectivity index (χ1n) is 4.83. The van der Waals surface area contributed by atoms with Crippen LogP contribution < -0.4 is 10.2 Å². The van der Waals surface area contributed by atoms with Crippen LogP contribution in [0.5, 0.6) is 0 Å². The second kappa shape index (κ2) is 11.3. The summed E-state index contributed by atoms with van der Waals surface area (Å²) in [6.45, 7) is 0. The van der Waals surface area contributed by atoms with Crippen LogP contribution in [0.3, 0.4) is 0 Å². The molecule has 9 heteroatoms. The summed E-state index contributed by atoms with van der Waals surface area (Å²) < 4.78 is 10.4. The number of carboxylic acids is 2. The Balaban J connectivity index is 0. The van der Waals surface area contributed by atoms with Gasteiger partial charge in [0.05, 0.1) is 11.9 Å². The zero-order chi connectivity index (χ0) is 14.8. The molecule has 0 aliphatic heterocycles. The molecular weight excluding hydrogens is 331 g/mol. The van der Waals surface area contributed by atoms with Crippen molar-refractivity contribution in [2.45, 2.75) is 5.85 Å². The van der Waals surface area contributed by atoms with Gasteiger partial charge in [-0.15, -0.1) is 0 Å². The summed E-state index contributed by atoms with van der Waals surface area (Å²) >= 11 is 0. The number of rotatable bonds is 4. The van der Waals surface area contributed by atoms with E-state index in [1.54, 1.807) is 30.3 Å². The van der Waals surface area contributed by atoms with Gasteiger partial charge in [0.1, 0.15) is 0 Å². The van der Waals surface area contributed by atoms with Crippen LogP contribution in [0.2, 0.25) is 0 Å². The molecule has 7 nitrogen and oxygen atoms in total. The summed E-state index contributed by atoms with van der Waals surface area (Å²) in [5.41, 5.74) is 0.469. The standard InChI is InChI=1S/C7H7O3P.C4H4O4.Fe/c8-7(11(9)10)6-4-2-1-3-5-6;5-3(6)1-2-4(7)8;/h1-5,7-8H;1-2H,(H,5,6)(H,7,8);/q;;+2/p-1/b;2-1+;. The monoisotopic (exact) mass is 341 g/mol. The summed E-state index contributed by atoms with van der Waals surface area (Å²) in [6, 6.07) is 8.40. The molecular formula is C11H10FeO7P+. The summed E-state index contributed by atoms with van der Waals surface area (Å²) in [5, 5.41) is 27.9. The number of aliphatic hydroxyl groups is 1. The van der Waals surface area contributed by atoms with Crippen molar-refractivity contribution in [2.24, 2.45) is 0 Å². The second-order valence-corrected chi connectivity index (χ2v) is 4.15. The van der Waals surface area contributed by atoms with Crippen molar-refractivity contribution < 1.29 is 51.4 Å². The molecule has 2 N–H and O–H groups in total. The Morgan fingerprint density at radius 1 is 1.10 bits per heavy atom. The van der Waals surface area contributed by atoms with E-state index in [2.05, 4.69) is 0 Å². The number of carbonyl (C=O) groups is 2. The maximum atomic E-state index is 10.4. The molecule has 0 saturated heterocycles. The van der Waals surface area contributed by atoms with Gasteiger partial charge < -0.3 is 24.9 Å². The van der Waals surface area contributed by atoms with Gasteiger partial charge in [-0.3, -0.25) is 0 Å². The van der Waals surface area contributed by atoms with E-state index >= 15 is 0 Å². The van der Waals surface area contributed by atoms with Crippen LogP contribution >= 0.6 is 8.03 Å². The summed E-state index contributed by atoms with van der Waals surface area (Å²) in [5.74, 6) is -4.35. The number of hydrogen-bond acceptors (Lipinski definition) is 6. The fourth-order valence-electron chi connectivity index (χ4n) is 0.889. The topological polar surface area (TPSA) is 138 Å². The predicted octanol–water partition coefficient (Wildman–Crippen LogP) is -1.55. The maximum Gasteiger partial charge on any atom is 2.00 e. The smallest absolute Gasteiger partial charge is 0.545 e. The van der Waals surface area contributed by atoms with E-state index in [1.165, 1.54) is 0 Å². The minimum absolute atomic E-state index is 0. The summed E-state index contributed by atoms with van der Waals surface area (Å²) in [4.78, 5) is 27.4. The fraction of sp³-hybridized carbons (Fsp3) is 0.0909. The largest absolute Gasteiger partial charge is 2.00 e. The molecule has 0 fully saturated rings. The number of carbonyl (C=O) groups excluding carboxylic acids is 2. The number of carboxylic acid groups (broad SMARTS) is 2. The van der Waals surface area contributed by atoms with Crippen molar-refractivity contribution in [1.29, 1.82) is 0 Å². The quantitative estimate of drug-likeness (QED) is 0.384. The van der Waals surface area contributed by atoms with Crippen LogP contribution in [-0.2, 0) is 31.2 Å². The SMILES string of the molecule is O=C([O-])/C=C/C(=O)[O-].O=[P+](O)C(O)c1ccccc1.[Fe+2]. The van der Waals surface area contributed by atoms with E-state index in [1.807, 2.05) is 0 Å². The average molecular weight is 341 g/mol. The third kappa shape index (κ3) is 10.4. The minimum Gasteiger partial charge on any atom is -0.545 e. The Kier molecular flexibility index (Phi) is 11.7. The van der Waals surface area contributed by atoms with E-state index in [0.717, 1.165) is 0 Å². The van der Waals surface area contributed by atoms with Crippen molar-refractivity contribution in [3.05, 3.63) is 48.0 Å². The molecule has 0 radical (unpaired) electrons. The number of hydrogen-bond donors (Lipinski definition) is 2. The minimum atomic E-state index is -2.53. The van der Waals surface area contributed by atoms with Crippen molar-refractivity contribution in [2.75, 3.05) is 0 Å². The summed E-state index contributed by atoms with van der Waals surface area (Å²) in [6.07, 6.45) is 0.769. The van der Waals surface area contributed by atoms with Gasteiger partial charge >= 0.3 is 30.9 Å². The molecule has 0 aliphatic rings. The van der Waals surface area contributed by atoms with Gasteiger partial charge in [-0.2, -0.15) is 4.89 Å². The van der Waals surface area contributed by atoms with E-state index in [9.17, 15) is 24.4 Å². The normalized spacial score (nSPS) is 11.6. The zero-order valence-electron chi connectivity index (χ0n) is 9.86. The molecule has 1 aromatic carbocycles. The van der Waals surface area contributed by atoms with E-state index in [-0.39, 0.29) is 17.1 Å². The van der Waals surface area contributed by atoms with Crippen LogP contribution in [0.25, 0.3) is 0 Å². The van der Waals surface area contributed by atoms with Crippen molar-refractivity contribution in [3.8, 4) is 0 Å². The summed E-state index contributed by atoms with van der Waals surface area (Å²) in [7, 11) is -2.53. The zero-order valence-corrected chi connectivity index (χ0v) is 11.9. The number of aliphatic carboxylic acids is 2. The Morgan fingerprint density at radius 2 is 1.50 bits per heavy atom. The Hall–Kier alpha value is -1.56. The molecule has 0 heterocycles. The average Bonchev–Trinajstić information content (AvgIpc) is 2.37. The van der Waals surface area contributed by atoms with Gasteiger partial charge in [-0.1, -0.05) is 30.3 Å². The molecule has 0 bridgehead atoms. The molecule has 2 atom stereocenters. The van der Waals surface area contributed by atoms with E-state index in [0.29, 0.717) is 17.7 Å². The van der Waals surface area contributed by atoms with Crippen LogP contribution in [0.1, 0.15) is 11.4 Å². The maximum absolute atomic E-state index is 10.4. The third-order valence-electron chi connectivity index (χ3n) is 1.66. The number of benzene rings is 1. The van der Waals surface area contributed by atoms with Crippen LogP contribution in [-0.4, -0.2) is 21.9 Å². The third-order valence-corrected chi connectivity index (χ3v) is 2.38. The van der Waals surface area contributed by atoms with Crippen LogP contribution in [0.4, 0.5) is 0 Å². The molecule has 2 unspecified atom stereocenters. The molecule has 0 saturated carbocycles. The van der Waals surface area contributed by atoms with Crippen LogP contribution in [0, 0.1) is 0 Å². The van der Waals surface area contributed by atoms with Crippen molar-refractivity contribution in [3.63, 3.8) is 0 Å². The Bertz CT molecular complexity index is 459. The first-order chi connectivity index (χ1) is 8.84. The molecule has 0 aromatic heterocycles. The molecule has 1 aromatic rings. The Labute approximate surface area is 125 Å². The van der Waals surface area contributed by atoms with Crippen molar-refractivity contribution in [1.82, 2.24) is 0 Å². The van der Waals surface area contributed by atoms with E-state index < -0.39 is 25.8 Å². The molecule has 0 amide bonds. The van der Waals surface area contributed by atoms with Gasteiger partial charge in [0, 0.05) is 5.56 Å². The van der Waals surface area contributed by atoms with Gasteiger partial charge in [-0.25, -0.2) is 0 Å². The van der Waals surface area contributed by atoms with Gasteiger partial charge in [0.15, 0.2) is 0 Å². The first-order valence-corrected chi connectivity index (χ1v) is 6.11. The molecule has 108 valence electrons. The Morgan fingerprint density at radius 3 is 1.80 bits per heavy atom. The van der Waals surface area contributed by atoms with E-state index in [4.69, 9.17) is 10.00 Å². The molecule has 20 heavy (non-hydrogen) atoms. The molecule has 1 rings (SSSR count). The van der Waals surface area contributed by atoms with Gasteiger partial charge in [0.2, 0.25) is 0 Å². The molecule has 0 spiro atoms. The fourth-order valence-corrected chi connectivity index (χ4v) is 1.32. The predicted molar refractivity (Wildman–Crippen MR) is 60.4 cm³/mol. The first kappa shape index (κ1) is 20.8.